The Balaban J connectivity index is 1.39. The van der Waals surface area contributed by atoms with E-state index in [1.165, 1.54) is 6.92 Å². The van der Waals surface area contributed by atoms with Gasteiger partial charge in [0.2, 0.25) is 0 Å². The summed E-state index contributed by atoms with van der Waals surface area (Å²) in [5.41, 5.74) is 4.13. The number of aromatic amines is 2. The minimum absolute atomic E-state index is 0.362. The number of aromatic nitrogens is 3. The molecule has 0 aliphatic heterocycles. The molecule has 0 spiro atoms. The number of carbonyl (C=O) groups excluding carboxylic acids is 2. The Hall–Kier alpha value is -3.85. The van der Waals surface area contributed by atoms with Gasteiger partial charge in [0.1, 0.15) is 17.0 Å². The molecule has 34 heavy (non-hydrogen) atoms. The fourth-order valence-electron chi connectivity index (χ4n) is 3.65. The van der Waals surface area contributed by atoms with Crippen molar-refractivity contribution in [2.24, 2.45) is 0 Å². The summed E-state index contributed by atoms with van der Waals surface area (Å²) in [5.74, 6) is 0.115. The van der Waals surface area contributed by atoms with Gasteiger partial charge in [-0.2, -0.15) is 5.10 Å². The molecule has 0 aliphatic carbocycles. The highest BCUT2D eigenvalue weighted by atomic mass is 16.6. The summed E-state index contributed by atoms with van der Waals surface area (Å²) in [4.78, 5) is 26.3. The number of ether oxygens (including phenoxy) is 2. The van der Waals surface area contributed by atoms with E-state index in [0.29, 0.717) is 25.4 Å². The number of amides is 1. The summed E-state index contributed by atoms with van der Waals surface area (Å²) in [6.45, 7) is 8.67. The fraction of sp³-hybridized carbons (Fsp3) is 0.320. The molecule has 2 aromatic heterocycles. The first-order valence-electron chi connectivity index (χ1n) is 11.1. The van der Waals surface area contributed by atoms with Gasteiger partial charge < -0.3 is 25.1 Å². The Morgan fingerprint density at radius 3 is 2.62 bits per heavy atom. The molecule has 178 valence electrons. The monoisotopic (exact) mass is 463 g/mol. The van der Waals surface area contributed by atoms with Crippen LogP contribution < -0.4 is 15.4 Å². The highest BCUT2D eigenvalue weighted by molar-refractivity contribution is 5.96. The van der Waals surface area contributed by atoms with Crippen molar-refractivity contribution in [3.05, 3.63) is 48.0 Å². The molecule has 2 heterocycles. The van der Waals surface area contributed by atoms with Crippen LogP contribution in [0.15, 0.2) is 42.5 Å². The van der Waals surface area contributed by atoms with Crippen LogP contribution in [0.1, 0.15) is 33.3 Å². The second-order valence-electron chi connectivity index (χ2n) is 9.08. The molecule has 0 saturated heterocycles. The fourth-order valence-corrected chi connectivity index (χ4v) is 3.65. The number of nitrogens with one attached hydrogen (secondary N) is 4. The van der Waals surface area contributed by atoms with Gasteiger partial charge in [0.25, 0.3) is 0 Å². The number of hydrogen-bond donors (Lipinski definition) is 4. The maximum atomic E-state index is 11.7. The van der Waals surface area contributed by atoms with Crippen LogP contribution in [-0.4, -0.2) is 45.9 Å². The topological polar surface area (TPSA) is 121 Å². The maximum absolute atomic E-state index is 11.7. The molecule has 9 nitrogen and oxygen atoms in total. The van der Waals surface area contributed by atoms with E-state index in [-0.39, 0.29) is 5.97 Å². The lowest BCUT2D eigenvalue weighted by molar-refractivity contribution is -0.131. The van der Waals surface area contributed by atoms with E-state index >= 15 is 0 Å². The standard InChI is InChI=1S/C25H29N5O4/c1-15(31)33-18-6-7-19-21(13-18)29-30-23(19)22-12-17-11-16(5-8-20(17)28-22)14-26-9-10-27-24(32)34-25(2,3)4/h5-8,11-13,26,28H,9-10,14H2,1-4H3,(H,27,32)(H,29,30). The number of rotatable bonds is 7. The molecular weight excluding hydrogens is 434 g/mol. The Labute approximate surface area is 197 Å². The largest absolute Gasteiger partial charge is 0.444 e. The van der Waals surface area contributed by atoms with E-state index in [0.717, 1.165) is 38.8 Å². The summed E-state index contributed by atoms with van der Waals surface area (Å²) < 4.78 is 10.4. The third-order valence-corrected chi connectivity index (χ3v) is 5.04. The molecule has 4 N–H and O–H groups in total. The molecule has 1 amide bonds. The molecule has 0 fully saturated rings. The highest BCUT2D eigenvalue weighted by Crippen LogP contribution is 2.30. The van der Waals surface area contributed by atoms with Gasteiger partial charge in [-0.05, 0) is 56.7 Å². The lowest BCUT2D eigenvalue weighted by Gasteiger charge is -2.19. The maximum Gasteiger partial charge on any atom is 0.407 e. The third-order valence-electron chi connectivity index (χ3n) is 5.04. The van der Waals surface area contributed by atoms with Crippen LogP contribution in [0.2, 0.25) is 0 Å². The van der Waals surface area contributed by atoms with E-state index in [2.05, 4.69) is 44.0 Å². The van der Waals surface area contributed by atoms with E-state index in [9.17, 15) is 9.59 Å². The lowest BCUT2D eigenvalue weighted by Crippen LogP contribution is -2.36. The number of hydrogen-bond acceptors (Lipinski definition) is 6. The van der Waals surface area contributed by atoms with Gasteiger partial charge in [0.05, 0.1) is 11.2 Å². The van der Waals surface area contributed by atoms with Crippen LogP contribution in [0, 0.1) is 0 Å². The zero-order valence-electron chi connectivity index (χ0n) is 19.7. The Bertz CT molecular complexity index is 1330. The SMILES string of the molecule is CC(=O)Oc1ccc2c(-c3cc4cc(CNCCNC(=O)OC(C)(C)C)ccc4[nH]3)n[nH]c2c1. The average molecular weight is 464 g/mol. The second-order valence-corrected chi connectivity index (χ2v) is 9.08. The first kappa shape index (κ1) is 23.3. The summed E-state index contributed by atoms with van der Waals surface area (Å²) in [6, 6.07) is 13.7. The molecular formula is C25H29N5O4. The Kier molecular flexibility index (Phi) is 6.56. The van der Waals surface area contributed by atoms with Crippen LogP contribution in [-0.2, 0) is 16.1 Å². The van der Waals surface area contributed by atoms with Crippen LogP contribution in [0.5, 0.6) is 5.75 Å². The molecule has 0 aliphatic rings. The van der Waals surface area contributed by atoms with Gasteiger partial charge in [0, 0.05) is 48.9 Å². The van der Waals surface area contributed by atoms with Gasteiger partial charge in [-0.1, -0.05) is 6.07 Å². The summed E-state index contributed by atoms with van der Waals surface area (Å²) in [7, 11) is 0. The number of alkyl carbamates (subject to hydrolysis) is 1. The first-order chi connectivity index (χ1) is 16.2. The van der Waals surface area contributed by atoms with Crippen molar-refractivity contribution in [3.63, 3.8) is 0 Å². The normalized spacial score (nSPS) is 11.6. The van der Waals surface area contributed by atoms with Crippen LogP contribution in [0.3, 0.4) is 0 Å². The van der Waals surface area contributed by atoms with E-state index < -0.39 is 11.7 Å². The molecule has 0 radical (unpaired) electrons. The predicted octanol–water partition coefficient (Wildman–Crippen LogP) is 4.25. The van der Waals surface area contributed by atoms with Crippen molar-refractivity contribution < 1.29 is 19.1 Å². The predicted molar refractivity (Wildman–Crippen MR) is 131 cm³/mol. The molecule has 0 saturated carbocycles. The van der Waals surface area contributed by atoms with Crippen molar-refractivity contribution in [3.8, 4) is 17.1 Å². The van der Waals surface area contributed by atoms with E-state index in [4.69, 9.17) is 9.47 Å². The molecule has 9 heteroatoms. The lowest BCUT2D eigenvalue weighted by atomic mass is 10.1. The molecule has 4 aromatic rings. The van der Waals surface area contributed by atoms with Gasteiger partial charge in [-0.15, -0.1) is 0 Å². The summed E-state index contributed by atoms with van der Waals surface area (Å²) in [6.07, 6.45) is -0.413. The van der Waals surface area contributed by atoms with Gasteiger partial charge in [0.15, 0.2) is 0 Å². The Morgan fingerprint density at radius 2 is 1.85 bits per heavy atom. The van der Waals surface area contributed by atoms with E-state index in [1.54, 1.807) is 12.1 Å². The van der Waals surface area contributed by atoms with Crippen LogP contribution in [0.25, 0.3) is 33.2 Å². The first-order valence-corrected chi connectivity index (χ1v) is 11.1. The second kappa shape index (κ2) is 9.56. The van der Waals surface area contributed by atoms with Gasteiger partial charge in [-0.3, -0.25) is 9.89 Å². The smallest absolute Gasteiger partial charge is 0.407 e. The van der Waals surface area contributed by atoms with E-state index in [1.807, 2.05) is 32.9 Å². The minimum atomic E-state index is -0.503. The summed E-state index contributed by atoms with van der Waals surface area (Å²) >= 11 is 0. The number of carbonyl (C=O) groups is 2. The molecule has 0 unspecified atom stereocenters. The number of fused-ring (bicyclic) bond motifs is 2. The average Bonchev–Trinajstić information content (AvgIpc) is 3.34. The van der Waals surface area contributed by atoms with Crippen molar-refractivity contribution >= 4 is 33.9 Å². The zero-order valence-corrected chi connectivity index (χ0v) is 19.7. The number of nitrogens with zero attached hydrogens (tertiary/aromatic N) is 1. The molecule has 0 atom stereocenters. The van der Waals surface area contributed by atoms with Crippen LogP contribution >= 0.6 is 0 Å². The zero-order chi connectivity index (χ0) is 24.3. The number of H-pyrrole nitrogens is 2. The summed E-state index contributed by atoms with van der Waals surface area (Å²) in [5, 5.41) is 15.5. The van der Waals surface area contributed by atoms with Gasteiger partial charge >= 0.3 is 12.1 Å². The third kappa shape index (κ3) is 5.74. The van der Waals surface area contributed by atoms with Crippen molar-refractivity contribution in [1.29, 1.82) is 0 Å². The van der Waals surface area contributed by atoms with Crippen molar-refractivity contribution in [1.82, 2.24) is 25.8 Å². The van der Waals surface area contributed by atoms with Crippen molar-refractivity contribution in [2.75, 3.05) is 13.1 Å². The minimum Gasteiger partial charge on any atom is -0.444 e. The molecule has 0 bridgehead atoms. The number of esters is 1. The Morgan fingerprint density at radius 1 is 1.03 bits per heavy atom. The quantitative estimate of drug-likeness (QED) is 0.185. The number of benzene rings is 2. The van der Waals surface area contributed by atoms with Crippen molar-refractivity contribution in [2.45, 2.75) is 39.8 Å². The molecule has 2 aromatic carbocycles. The van der Waals surface area contributed by atoms with Crippen LogP contribution in [0.4, 0.5) is 4.79 Å². The highest BCUT2D eigenvalue weighted by Gasteiger charge is 2.15. The molecule has 4 rings (SSSR count). The van der Waals surface area contributed by atoms with Gasteiger partial charge in [-0.25, -0.2) is 4.79 Å².